The molecule has 0 bridgehead atoms. The quantitative estimate of drug-likeness (QED) is 0.470. The van der Waals surface area contributed by atoms with Gasteiger partial charge in [-0.15, -0.1) is 0 Å². The summed E-state index contributed by atoms with van der Waals surface area (Å²) in [6, 6.07) is 8.49. The van der Waals surface area contributed by atoms with E-state index in [2.05, 4.69) is 5.32 Å². The van der Waals surface area contributed by atoms with Gasteiger partial charge >= 0.3 is 0 Å². The second-order valence-corrected chi connectivity index (χ2v) is 4.18. The maximum atomic E-state index is 10.6. The molecule has 20 heavy (non-hydrogen) atoms. The molecule has 0 aliphatic carbocycles. The third kappa shape index (κ3) is 5.67. The van der Waals surface area contributed by atoms with Crippen LogP contribution in [0.5, 0.6) is 5.75 Å². The van der Waals surface area contributed by atoms with E-state index in [0.717, 1.165) is 0 Å². The maximum Gasteiger partial charge on any atom is 0.247 e. The molecule has 7 nitrogen and oxygen atoms in total. The Morgan fingerprint density at radius 3 is 2.55 bits per heavy atom. The molecule has 0 saturated carbocycles. The zero-order valence-corrected chi connectivity index (χ0v) is 10.8. The smallest absolute Gasteiger partial charge is 0.247 e. The molecule has 2 atom stereocenters. The maximum absolute atomic E-state index is 10.6. The normalized spacial score (nSPS) is 13.2. The summed E-state index contributed by atoms with van der Waals surface area (Å²) in [6.45, 7) is 0.176. The van der Waals surface area contributed by atoms with Gasteiger partial charge in [-0.1, -0.05) is 0 Å². The molecule has 2 unspecified atom stereocenters. The number of hydrogen-bond acceptors (Lipinski definition) is 6. The van der Waals surface area contributed by atoms with E-state index in [1.807, 2.05) is 6.07 Å². The first-order chi connectivity index (χ1) is 9.52. The van der Waals surface area contributed by atoms with Gasteiger partial charge in [0.25, 0.3) is 0 Å². The van der Waals surface area contributed by atoms with Gasteiger partial charge in [0.2, 0.25) is 5.91 Å². The van der Waals surface area contributed by atoms with Gasteiger partial charge in [0, 0.05) is 13.1 Å². The highest BCUT2D eigenvalue weighted by molar-refractivity contribution is 5.78. The summed E-state index contributed by atoms with van der Waals surface area (Å²) in [5, 5.41) is 30.1. The van der Waals surface area contributed by atoms with E-state index in [-0.39, 0.29) is 19.7 Å². The number of carbonyl (C=O) groups is 1. The van der Waals surface area contributed by atoms with Crippen LogP contribution in [0.25, 0.3) is 0 Å². The van der Waals surface area contributed by atoms with Crippen molar-refractivity contribution in [3.63, 3.8) is 0 Å². The summed E-state index contributed by atoms with van der Waals surface area (Å²) in [4.78, 5) is 10.6. The van der Waals surface area contributed by atoms with Crippen molar-refractivity contribution in [1.82, 2.24) is 5.32 Å². The second-order valence-electron chi connectivity index (χ2n) is 4.18. The summed E-state index contributed by atoms with van der Waals surface area (Å²) < 4.78 is 5.32. The summed E-state index contributed by atoms with van der Waals surface area (Å²) in [7, 11) is 0. The van der Waals surface area contributed by atoms with Crippen LogP contribution in [0.3, 0.4) is 0 Å². The van der Waals surface area contributed by atoms with Crippen LogP contribution in [0, 0.1) is 11.3 Å². The zero-order chi connectivity index (χ0) is 15.0. The topological polar surface area (TPSA) is 129 Å². The average Bonchev–Trinajstić information content (AvgIpc) is 2.45. The number of nitrogens with two attached hydrogens (primary N) is 1. The first kappa shape index (κ1) is 15.9. The molecule has 5 N–H and O–H groups in total. The number of nitriles is 1. The van der Waals surface area contributed by atoms with Gasteiger partial charge in [-0.2, -0.15) is 5.26 Å². The number of primary amides is 1. The van der Waals surface area contributed by atoms with E-state index in [9.17, 15) is 9.90 Å². The lowest BCUT2D eigenvalue weighted by molar-refractivity contribution is -0.125. The third-order valence-electron chi connectivity index (χ3n) is 2.47. The minimum atomic E-state index is -1.28. The van der Waals surface area contributed by atoms with Crippen LogP contribution in [0.1, 0.15) is 5.56 Å². The SMILES string of the molecule is N#Cc1ccc(OCC(O)CNCC(O)C(N)=O)cc1. The average molecular weight is 279 g/mol. The van der Waals surface area contributed by atoms with E-state index < -0.39 is 18.1 Å². The van der Waals surface area contributed by atoms with Crippen molar-refractivity contribution >= 4 is 5.91 Å². The van der Waals surface area contributed by atoms with Crippen molar-refractivity contribution in [2.45, 2.75) is 12.2 Å². The Balaban J connectivity index is 2.24. The number of hydrogen-bond donors (Lipinski definition) is 4. The zero-order valence-electron chi connectivity index (χ0n) is 10.8. The summed E-state index contributed by atoms with van der Waals surface area (Å²) in [5.74, 6) is -0.277. The number of ether oxygens (including phenoxy) is 1. The Morgan fingerprint density at radius 1 is 1.35 bits per heavy atom. The van der Waals surface area contributed by atoms with Gasteiger partial charge in [0.1, 0.15) is 24.6 Å². The number of rotatable bonds is 8. The summed E-state index contributed by atoms with van der Waals surface area (Å²) in [6.07, 6.45) is -2.08. The molecule has 0 radical (unpaired) electrons. The summed E-state index contributed by atoms with van der Waals surface area (Å²) >= 11 is 0. The lowest BCUT2D eigenvalue weighted by Gasteiger charge is -2.14. The Kier molecular flexibility index (Phi) is 6.46. The Labute approximate surface area is 116 Å². The molecule has 0 aromatic heterocycles. The fourth-order valence-corrected chi connectivity index (χ4v) is 1.36. The number of nitrogens with zero attached hydrogens (tertiary/aromatic N) is 1. The number of carbonyl (C=O) groups excluding carboxylic acids is 1. The molecule has 1 aromatic carbocycles. The van der Waals surface area contributed by atoms with E-state index >= 15 is 0 Å². The number of aliphatic hydroxyl groups is 2. The van der Waals surface area contributed by atoms with E-state index in [0.29, 0.717) is 11.3 Å². The lowest BCUT2D eigenvalue weighted by atomic mass is 10.2. The molecule has 0 heterocycles. The highest BCUT2D eigenvalue weighted by Gasteiger charge is 2.11. The molecular formula is C13H17N3O4. The highest BCUT2D eigenvalue weighted by Crippen LogP contribution is 2.11. The molecule has 108 valence electrons. The number of nitrogens with one attached hydrogen (secondary N) is 1. The van der Waals surface area contributed by atoms with Gasteiger partial charge in [-0.3, -0.25) is 4.79 Å². The molecule has 1 amide bonds. The first-order valence-electron chi connectivity index (χ1n) is 6.02. The van der Waals surface area contributed by atoms with Crippen molar-refractivity contribution < 1.29 is 19.7 Å². The van der Waals surface area contributed by atoms with E-state index in [1.54, 1.807) is 24.3 Å². The predicted octanol–water partition coefficient (Wildman–Crippen LogP) is -1.27. The summed E-state index contributed by atoms with van der Waals surface area (Å²) in [5.41, 5.74) is 5.40. The lowest BCUT2D eigenvalue weighted by Crippen LogP contribution is -2.41. The molecule has 0 aliphatic heterocycles. The predicted molar refractivity (Wildman–Crippen MR) is 70.7 cm³/mol. The van der Waals surface area contributed by atoms with Crippen LogP contribution in [-0.2, 0) is 4.79 Å². The molecule has 0 fully saturated rings. The highest BCUT2D eigenvalue weighted by atomic mass is 16.5. The van der Waals surface area contributed by atoms with Gasteiger partial charge < -0.3 is 26.0 Å². The molecule has 1 aromatic rings. The van der Waals surface area contributed by atoms with Gasteiger partial charge in [0.15, 0.2) is 0 Å². The standard InChI is InChI=1S/C13H17N3O4/c14-5-9-1-3-11(4-2-9)20-8-10(17)6-16-7-12(18)13(15)19/h1-4,10,12,16-18H,6-8H2,(H2,15,19). The molecular weight excluding hydrogens is 262 g/mol. The van der Waals surface area contributed by atoms with Crippen molar-refractivity contribution in [2.75, 3.05) is 19.7 Å². The number of amides is 1. The monoisotopic (exact) mass is 279 g/mol. The first-order valence-corrected chi connectivity index (χ1v) is 6.02. The third-order valence-corrected chi connectivity index (χ3v) is 2.47. The number of aliphatic hydroxyl groups excluding tert-OH is 2. The minimum absolute atomic E-state index is 0.0245. The molecule has 0 spiro atoms. The van der Waals surface area contributed by atoms with Crippen molar-refractivity contribution in [2.24, 2.45) is 5.73 Å². The molecule has 7 heteroatoms. The Morgan fingerprint density at radius 2 is 2.00 bits per heavy atom. The number of benzene rings is 1. The van der Waals surface area contributed by atoms with Gasteiger partial charge in [-0.05, 0) is 24.3 Å². The van der Waals surface area contributed by atoms with Crippen LogP contribution in [0.2, 0.25) is 0 Å². The molecule has 1 rings (SSSR count). The van der Waals surface area contributed by atoms with Gasteiger partial charge in [0.05, 0.1) is 11.6 Å². The Hall–Kier alpha value is -2.14. The van der Waals surface area contributed by atoms with Crippen LogP contribution in [0.4, 0.5) is 0 Å². The van der Waals surface area contributed by atoms with Crippen molar-refractivity contribution in [3.8, 4) is 11.8 Å². The van der Waals surface area contributed by atoms with Gasteiger partial charge in [-0.25, -0.2) is 0 Å². The van der Waals surface area contributed by atoms with E-state index in [1.165, 1.54) is 0 Å². The minimum Gasteiger partial charge on any atom is -0.491 e. The largest absolute Gasteiger partial charge is 0.491 e. The van der Waals surface area contributed by atoms with Crippen LogP contribution >= 0.6 is 0 Å². The molecule has 0 aliphatic rings. The Bertz CT molecular complexity index is 469. The fourth-order valence-electron chi connectivity index (χ4n) is 1.36. The van der Waals surface area contributed by atoms with Crippen molar-refractivity contribution in [3.05, 3.63) is 29.8 Å². The van der Waals surface area contributed by atoms with Crippen molar-refractivity contribution in [1.29, 1.82) is 5.26 Å². The van der Waals surface area contributed by atoms with Crippen LogP contribution < -0.4 is 15.8 Å². The van der Waals surface area contributed by atoms with E-state index in [4.69, 9.17) is 20.8 Å². The van der Waals surface area contributed by atoms with Crippen LogP contribution in [0.15, 0.2) is 24.3 Å². The fraction of sp³-hybridized carbons (Fsp3) is 0.385. The second kappa shape index (κ2) is 8.12. The molecule has 0 saturated heterocycles. The van der Waals surface area contributed by atoms with Crippen LogP contribution in [-0.4, -0.2) is 48.0 Å².